The summed E-state index contributed by atoms with van der Waals surface area (Å²) in [5.74, 6) is -1.03. The number of nitriles is 1. The van der Waals surface area contributed by atoms with E-state index in [9.17, 15) is 14.9 Å². The van der Waals surface area contributed by atoms with Gasteiger partial charge in [-0.15, -0.1) is 0 Å². The van der Waals surface area contributed by atoms with Crippen molar-refractivity contribution in [2.75, 3.05) is 0 Å². The van der Waals surface area contributed by atoms with E-state index in [4.69, 9.17) is 0 Å². The first-order valence-electron chi connectivity index (χ1n) is 5.74. The van der Waals surface area contributed by atoms with Crippen LogP contribution in [0.15, 0.2) is 0 Å². The van der Waals surface area contributed by atoms with E-state index in [1.54, 1.807) is 13.8 Å². The SMILES string of the molecule is CCC(C#N)(CC)N1C(=O)C(C)C(C)C1=O. The van der Waals surface area contributed by atoms with E-state index in [0.29, 0.717) is 12.8 Å². The van der Waals surface area contributed by atoms with Crippen molar-refractivity contribution in [1.82, 2.24) is 4.90 Å². The summed E-state index contributed by atoms with van der Waals surface area (Å²) >= 11 is 0. The third-order valence-electron chi connectivity index (χ3n) is 3.78. The molecule has 88 valence electrons. The highest BCUT2D eigenvalue weighted by molar-refractivity contribution is 6.05. The predicted octanol–water partition coefficient (Wildman–Crippen LogP) is 1.71. The van der Waals surface area contributed by atoms with Gasteiger partial charge in [0.1, 0.15) is 5.54 Å². The molecular weight excluding hydrogens is 204 g/mol. The average Bonchev–Trinajstić information content (AvgIpc) is 2.49. The van der Waals surface area contributed by atoms with E-state index in [2.05, 4.69) is 6.07 Å². The van der Waals surface area contributed by atoms with Gasteiger partial charge in [0, 0.05) is 11.8 Å². The monoisotopic (exact) mass is 222 g/mol. The molecule has 0 aromatic heterocycles. The minimum Gasteiger partial charge on any atom is -0.274 e. The zero-order chi connectivity index (χ0) is 12.5. The van der Waals surface area contributed by atoms with Crippen LogP contribution in [0.4, 0.5) is 0 Å². The number of nitrogens with zero attached hydrogens (tertiary/aromatic N) is 2. The van der Waals surface area contributed by atoms with Crippen molar-refractivity contribution >= 4 is 11.8 Å². The second-order valence-corrected chi connectivity index (χ2v) is 4.44. The summed E-state index contributed by atoms with van der Waals surface area (Å²) in [4.78, 5) is 25.2. The van der Waals surface area contributed by atoms with Crippen LogP contribution in [-0.4, -0.2) is 22.3 Å². The Bertz CT molecular complexity index is 333. The van der Waals surface area contributed by atoms with Gasteiger partial charge in [-0.1, -0.05) is 27.7 Å². The van der Waals surface area contributed by atoms with Gasteiger partial charge >= 0.3 is 0 Å². The summed E-state index contributed by atoms with van der Waals surface area (Å²) < 4.78 is 0. The van der Waals surface area contributed by atoms with Gasteiger partial charge in [0.15, 0.2) is 0 Å². The van der Waals surface area contributed by atoms with Gasteiger partial charge in [-0.3, -0.25) is 14.5 Å². The Kier molecular flexibility index (Phi) is 3.37. The molecule has 4 heteroatoms. The van der Waals surface area contributed by atoms with E-state index in [1.807, 2.05) is 13.8 Å². The minimum absolute atomic E-state index is 0.206. The molecule has 1 saturated heterocycles. The van der Waals surface area contributed by atoms with Crippen molar-refractivity contribution in [3.05, 3.63) is 0 Å². The van der Waals surface area contributed by atoms with Crippen LogP contribution in [0.5, 0.6) is 0 Å². The maximum atomic E-state index is 12.0. The van der Waals surface area contributed by atoms with Crippen LogP contribution in [0, 0.1) is 23.2 Å². The van der Waals surface area contributed by atoms with Crippen molar-refractivity contribution in [3.63, 3.8) is 0 Å². The second kappa shape index (κ2) is 4.25. The summed E-state index contributed by atoms with van der Waals surface area (Å²) in [6, 6.07) is 2.14. The van der Waals surface area contributed by atoms with Crippen molar-refractivity contribution in [1.29, 1.82) is 5.26 Å². The molecule has 0 saturated carbocycles. The third kappa shape index (κ3) is 1.51. The van der Waals surface area contributed by atoms with E-state index >= 15 is 0 Å². The van der Waals surface area contributed by atoms with Crippen LogP contribution in [0.2, 0.25) is 0 Å². The highest BCUT2D eigenvalue weighted by Gasteiger charge is 2.51. The number of amides is 2. The zero-order valence-corrected chi connectivity index (χ0v) is 10.3. The molecule has 0 N–H and O–H groups in total. The van der Waals surface area contributed by atoms with Crippen LogP contribution in [0.3, 0.4) is 0 Å². The molecule has 0 aromatic rings. The first kappa shape index (κ1) is 12.7. The van der Waals surface area contributed by atoms with Gasteiger partial charge in [-0.2, -0.15) is 5.26 Å². The fraction of sp³-hybridized carbons (Fsp3) is 0.750. The molecule has 1 fully saturated rings. The standard InChI is InChI=1S/C12H18N2O2/c1-5-12(6-2,7-13)14-10(15)8(3)9(4)11(14)16/h8-9H,5-6H2,1-4H3. The smallest absolute Gasteiger partial charge is 0.234 e. The van der Waals surface area contributed by atoms with E-state index in [1.165, 1.54) is 4.90 Å². The lowest BCUT2D eigenvalue weighted by atomic mass is 9.92. The topological polar surface area (TPSA) is 61.2 Å². The van der Waals surface area contributed by atoms with Gasteiger partial charge in [0.2, 0.25) is 11.8 Å². The van der Waals surface area contributed by atoms with Crippen LogP contribution in [0.25, 0.3) is 0 Å². The molecule has 2 atom stereocenters. The molecule has 0 radical (unpaired) electrons. The predicted molar refractivity (Wildman–Crippen MR) is 59.1 cm³/mol. The molecule has 0 spiro atoms. The van der Waals surface area contributed by atoms with Gasteiger partial charge < -0.3 is 0 Å². The van der Waals surface area contributed by atoms with E-state index in [0.717, 1.165) is 0 Å². The van der Waals surface area contributed by atoms with Gasteiger partial charge in [0.05, 0.1) is 6.07 Å². The van der Waals surface area contributed by atoms with Crippen LogP contribution in [-0.2, 0) is 9.59 Å². The number of rotatable bonds is 3. The Hall–Kier alpha value is -1.37. The van der Waals surface area contributed by atoms with E-state index < -0.39 is 5.54 Å². The quantitative estimate of drug-likeness (QED) is 0.683. The normalized spacial score (nSPS) is 26.1. The number of carbonyl (C=O) groups excluding carboxylic acids is 2. The summed E-state index contributed by atoms with van der Waals surface area (Å²) in [5.41, 5.74) is -0.951. The summed E-state index contributed by atoms with van der Waals surface area (Å²) in [6.45, 7) is 7.17. The molecule has 0 aliphatic carbocycles. The third-order valence-corrected chi connectivity index (χ3v) is 3.78. The second-order valence-electron chi connectivity index (χ2n) is 4.44. The molecule has 2 unspecified atom stereocenters. The Morgan fingerprint density at radius 3 is 1.81 bits per heavy atom. The largest absolute Gasteiger partial charge is 0.274 e. The minimum atomic E-state index is -0.951. The van der Waals surface area contributed by atoms with Gasteiger partial charge in [-0.05, 0) is 12.8 Å². The number of hydrogen-bond donors (Lipinski definition) is 0. The molecule has 1 aliphatic rings. The number of likely N-dealkylation sites (tertiary alicyclic amines) is 1. The van der Waals surface area contributed by atoms with Crippen molar-refractivity contribution in [2.24, 2.45) is 11.8 Å². The number of imide groups is 1. The lowest BCUT2D eigenvalue weighted by Gasteiger charge is -2.33. The summed E-state index contributed by atoms with van der Waals surface area (Å²) in [7, 11) is 0. The average molecular weight is 222 g/mol. The highest BCUT2D eigenvalue weighted by Crippen LogP contribution is 2.34. The fourth-order valence-electron chi connectivity index (χ4n) is 2.14. The highest BCUT2D eigenvalue weighted by atomic mass is 16.2. The number of carbonyl (C=O) groups is 2. The Balaban J connectivity index is 3.19. The fourth-order valence-corrected chi connectivity index (χ4v) is 2.14. The van der Waals surface area contributed by atoms with Gasteiger partial charge in [-0.25, -0.2) is 0 Å². The van der Waals surface area contributed by atoms with Crippen molar-refractivity contribution in [2.45, 2.75) is 46.1 Å². The molecule has 0 bridgehead atoms. The zero-order valence-electron chi connectivity index (χ0n) is 10.3. The van der Waals surface area contributed by atoms with E-state index in [-0.39, 0.29) is 23.7 Å². The van der Waals surface area contributed by atoms with Gasteiger partial charge in [0.25, 0.3) is 0 Å². The molecular formula is C12H18N2O2. The Labute approximate surface area is 96.2 Å². The summed E-state index contributed by atoms with van der Waals surface area (Å²) in [5, 5.41) is 9.25. The first-order chi connectivity index (χ1) is 7.45. The van der Waals surface area contributed by atoms with Crippen LogP contribution >= 0.6 is 0 Å². The molecule has 4 nitrogen and oxygen atoms in total. The van der Waals surface area contributed by atoms with Crippen LogP contribution < -0.4 is 0 Å². The summed E-state index contributed by atoms with van der Waals surface area (Å²) in [6.07, 6.45) is 0.966. The maximum absolute atomic E-state index is 12.0. The lowest BCUT2D eigenvalue weighted by Crippen LogP contribution is -2.50. The molecule has 16 heavy (non-hydrogen) atoms. The molecule has 1 aliphatic heterocycles. The molecule has 1 rings (SSSR count). The van der Waals surface area contributed by atoms with Crippen molar-refractivity contribution in [3.8, 4) is 6.07 Å². The first-order valence-corrected chi connectivity index (χ1v) is 5.74. The molecule has 0 aromatic carbocycles. The Morgan fingerprint density at radius 2 is 1.56 bits per heavy atom. The van der Waals surface area contributed by atoms with Crippen LogP contribution in [0.1, 0.15) is 40.5 Å². The lowest BCUT2D eigenvalue weighted by molar-refractivity contribution is -0.145. The maximum Gasteiger partial charge on any atom is 0.234 e. The Morgan fingerprint density at radius 1 is 1.19 bits per heavy atom. The van der Waals surface area contributed by atoms with Crippen molar-refractivity contribution < 1.29 is 9.59 Å². The molecule has 1 heterocycles. The number of hydrogen-bond acceptors (Lipinski definition) is 3. The molecule has 2 amide bonds.